The van der Waals surface area contributed by atoms with Crippen LogP contribution in [-0.4, -0.2) is 36.4 Å². The number of fused-ring (bicyclic) bond motifs is 1. The quantitative estimate of drug-likeness (QED) is 0.439. The van der Waals surface area contributed by atoms with Crippen molar-refractivity contribution in [3.05, 3.63) is 78.1 Å². The number of likely N-dealkylation sites (tertiary alicyclic amines) is 1. The van der Waals surface area contributed by atoms with Crippen LogP contribution in [0.15, 0.2) is 66.7 Å². The Hall–Kier alpha value is -2.43. The number of rotatable bonds is 7. The van der Waals surface area contributed by atoms with E-state index in [9.17, 15) is 9.18 Å². The molecule has 0 bridgehead atoms. The molecule has 1 heterocycles. The number of piperidine rings is 1. The summed E-state index contributed by atoms with van der Waals surface area (Å²) in [6.45, 7) is 2.88. The fraction of sp³-hybridized carbons (Fsp3) is 0.320. The summed E-state index contributed by atoms with van der Waals surface area (Å²) in [6, 6.07) is 20.3. The number of ketones is 1. The first-order valence-electron chi connectivity index (χ1n) is 10.3. The smallest absolute Gasteiger partial charge is 0.162 e. The van der Waals surface area contributed by atoms with Gasteiger partial charge >= 0.3 is 0 Å². The van der Waals surface area contributed by atoms with Gasteiger partial charge in [0.15, 0.2) is 5.78 Å². The van der Waals surface area contributed by atoms with Crippen LogP contribution in [0.3, 0.4) is 0 Å². The molecule has 0 radical (unpaired) electrons. The van der Waals surface area contributed by atoms with Gasteiger partial charge in [0.1, 0.15) is 17.7 Å². The minimum absolute atomic E-state index is 0. The van der Waals surface area contributed by atoms with Crippen molar-refractivity contribution in [1.29, 1.82) is 0 Å². The Labute approximate surface area is 183 Å². The third-order valence-electron chi connectivity index (χ3n) is 5.62. The first-order valence-corrected chi connectivity index (χ1v) is 10.3. The summed E-state index contributed by atoms with van der Waals surface area (Å²) >= 11 is 0. The number of hydrogen-bond acceptors (Lipinski definition) is 3. The van der Waals surface area contributed by atoms with Crippen LogP contribution in [0.1, 0.15) is 36.0 Å². The van der Waals surface area contributed by atoms with E-state index in [0.29, 0.717) is 12.0 Å². The number of ether oxygens (including phenoxy) is 1. The maximum atomic E-state index is 13.0. The molecular formula is C25H27ClFNO2. The molecule has 4 rings (SSSR count). The molecule has 30 heavy (non-hydrogen) atoms. The molecule has 0 unspecified atom stereocenters. The van der Waals surface area contributed by atoms with E-state index >= 15 is 0 Å². The van der Waals surface area contributed by atoms with Crippen molar-refractivity contribution in [1.82, 2.24) is 4.90 Å². The number of hydrogen-bond donors (Lipinski definition) is 0. The molecule has 3 aromatic carbocycles. The second-order valence-corrected chi connectivity index (χ2v) is 7.67. The van der Waals surface area contributed by atoms with E-state index in [1.165, 1.54) is 17.5 Å². The van der Waals surface area contributed by atoms with Crippen LogP contribution >= 0.6 is 12.4 Å². The van der Waals surface area contributed by atoms with Gasteiger partial charge in [0, 0.05) is 30.5 Å². The normalized spacial score (nSPS) is 15.0. The first-order chi connectivity index (χ1) is 14.2. The van der Waals surface area contributed by atoms with E-state index in [0.717, 1.165) is 50.0 Å². The van der Waals surface area contributed by atoms with Crippen molar-refractivity contribution in [3.8, 4) is 5.75 Å². The van der Waals surface area contributed by atoms with Crippen LogP contribution < -0.4 is 4.74 Å². The Bertz CT molecular complexity index is 963. The Morgan fingerprint density at radius 2 is 1.67 bits per heavy atom. The standard InChI is InChI=1S/C25H26FNO2.ClH/c26-21-12-10-20(11-13-21)24(28)8-4-16-27-17-14-22(15-18-27)29-25-9-3-6-19-5-1-2-7-23(19)25;/h1-3,5-7,9-13,22H,4,8,14-18H2;1H. The highest BCUT2D eigenvalue weighted by atomic mass is 35.5. The van der Waals surface area contributed by atoms with Gasteiger partial charge in [-0.2, -0.15) is 0 Å². The largest absolute Gasteiger partial charge is 0.490 e. The number of halogens is 2. The van der Waals surface area contributed by atoms with Gasteiger partial charge in [-0.05, 0) is 61.5 Å². The molecule has 0 amide bonds. The van der Waals surface area contributed by atoms with Crippen molar-refractivity contribution < 1.29 is 13.9 Å². The van der Waals surface area contributed by atoms with Crippen LogP contribution in [0, 0.1) is 5.82 Å². The van der Waals surface area contributed by atoms with Crippen molar-refractivity contribution in [2.45, 2.75) is 31.8 Å². The monoisotopic (exact) mass is 427 g/mol. The van der Waals surface area contributed by atoms with E-state index in [-0.39, 0.29) is 30.1 Å². The van der Waals surface area contributed by atoms with E-state index < -0.39 is 0 Å². The maximum Gasteiger partial charge on any atom is 0.162 e. The van der Waals surface area contributed by atoms with Gasteiger partial charge in [-0.3, -0.25) is 4.79 Å². The van der Waals surface area contributed by atoms with Crippen molar-refractivity contribution in [3.63, 3.8) is 0 Å². The number of Topliss-reactive ketones (excluding diaryl/α,β-unsaturated/α-hetero) is 1. The van der Waals surface area contributed by atoms with Crippen LogP contribution in [-0.2, 0) is 0 Å². The summed E-state index contributed by atoms with van der Waals surface area (Å²) in [7, 11) is 0. The van der Waals surface area contributed by atoms with Gasteiger partial charge in [0.05, 0.1) is 0 Å². The molecule has 1 fully saturated rings. The van der Waals surface area contributed by atoms with Crippen molar-refractivity contribution >= 4 is 29.0 Å². The van der Waals surface area contributed by atoms with Gasteiger partial charge in [0.25, 0.3) is 0 Å². The Kier molecular flexibility index (Phi) is 7.83. The first kappa shape index (κ1) is 22.3. The van der Waals surface area contributed by atoms with E-state index in [4.69, 9.17) is 4.74 Å². The van der Waals surface area contributed by atoms with Gasteiger partial charge < -0.3 is 9.64 Å². The lowest BCUT2D eigenvalue weighted by molar-refractivity contribution is 0.0925. The summed E-state index contributed by atoms with van der Waals surface area (Å²) in [5.74, 6) is 0.737. The molecule has 0 atom stereocenters. The second-order valence-electron chi connectivity index (χ2n) is 7.67. The van der Waals surface area contributed by atoms with Gasteiger partial charge in [-0.15, -0.1) is 12.4 Å². The predicted octanol–water partition coefficient (Wildman–Crippen LogP) is 5.91. The highest BCUT2D eigenvalue weighted by Gasteiger charge is 2.21. The van der Waals surface area contributed by atoms with Crippen LogP contribution in [0.25, 0.3) is 10.8 Å². The molecule has 1 aliphatic rings. The topological polar surface area (TPSA) is 29.5 Å². The second kappa shape index (κ2) is 10.6. The third-order valence-corrected chi connectivity index (χ3v) is 5.62. The highest BCUT2D eigenvalue weighted by molar-refractivity contribution is 5.96. The number of nitrogens with zero attached hydrogens (tertiary/aromatic N) is 1. The molecule has 3 nitrogen and oxygen atoms in total. The molecule has 0 aromatic heterocycles. The zero-order chi connectivity index (χ0) is 20.1. The molecule has 0 saturated carbocycles. The van der Waals surface area contributed by atoms with Crippen LogP contribution in [0.2, 0.25) is 0 Å². The molecule has 0 spiro atoms. The molecule has 0 aliphatic carbocycles. The Morgan fingerprint density at radius 1 is 0.967 bits per heavy atom. The van der Waals surface area contributed by atoms with E-state index in [2.05, 4.69) is 29.2 Å². The fourth-order valence-electron chi connectivity index (χ4n) is 3.97. The molecule has 5 heteroatoms. The number of carbonyl (C=O) groups is 1. The molecule has 1 aliphatic heterocycles. The molecular weight excluding hydrogens is 401 g/mol. The maximum absolute atomic E-state index is 13.0. The highest BCUT2D eigenvalue weighted by Crippen LogP contribution is 2.28. The average molecular weight is 428 g/mol. The summed E-state index contributed by atoms with van der Waals surface area (Å²) in [4.78, 5) is 14.6. The lowest BCUT2D eigenvalue weighted by atomic mass is 10.0. The average Bonchev–Trinajstić information content (AvgIpc) is 2.76. The third kappa shape index (κ3) is 5.59. The summed E-state index contributed by atoms with van der Waals surface area (Å²) in [6.07, 6.45) is 3.55. The lowest BCUT2D eigenvalue weighted by Crippen LogP contribution is -2.38. The van der Waals surface area contributed by atoms with E-state index in [1.807, 2.05) is 18.2 Å². The van der Waals surface area contributed by atoms with E-state index in [1.54, 1.807) is 12.1 Å². The summed E-state index contributed by atoms with van der Waals surface area (Å²) in [5.41, 5.74) is 0.591. The zero-order valence-corrected chi connectivity index (χ0v) is 17.7. The van der Waals surface area contributed by atoms with Gasteiger partial charge in [-0.1, -0.05) is 36.4 Å². The van der Waals surface area contributed by atoms with Gasteiger partial charge in [0.2, 0.25) is 0 Å². The lowest BCUT2D eigenvalue weighted by Gasteiger charge is -2.32. The SMILES string of the molecule is Cl.O=C(CCCN1CCC(Oc2cccc3ccccc23)CC1)c1ccc(F)cc1. The van der Waals surface area contributed by atoms with Crippen molar-refractivity contribution in [2.24, 2.45) is 0 Å². The molecule has 1 saturated heterocycles. The molecule has 3 aromatic rings. The molecule has 0 N–H and O–H groups in total. The zero-order valence-electron chi connectivity index (χ0n) is 16.9. The Balaban J connectivity index is 0.00000256. The Morgan fingerprint density at radius 3 is 2.43 bits per heavy atom. The van der Waals surface area contributed by atoms with Crippen molar-refractivity contribution in [2.75, 3.05) is 19.6 Å². The summed E-state index contributed by atoms with van der Waals surface area (Å²) in [5, 5.41) is 2.37. The van der Waals surface area contributed by atoms with Crippen LogP contribution in [0.4, 0.5) is 4.39 Å². The number of benzene rings is 3. The fourth-order valence-corrected chi connectivity index (χ4v) is 3.97. The minimum atomic E-state index is -0.310. The van der Waals surface area contributed by atoms with Crippen LogP contribution in [0.5, 0.6) is 5.75 Å². The number of carbonyl (C=O) groups excluding carboxylic acids is 1. The predicted molar refractivity (Wildman–Crippen MR) is 121 cm³/mol. The minimum Gasteiger partial charge on any atom is -0.490 e. The molecule has 158 valence electrons. The summed E-state index contributed by atoms with van der Waals surface area (Å²) < 4.78 is 19.3. The van der Waals surface area contributed by atoms with Gasteiger partial charge in [-0.25, -0.2) is 4.39 Å².